The van der Waals surface area contributed by atoms with Gasteiger partial charge in [0.2, 0.25) is 11.6 Å². The zero-order valence-corrected chi connectivity index (χ0v) is 17.6. The SMILES string of the molecule is CCCCOc1ccc(Nc2ncnc(Nc3ccc(Cl)c(Cl)c3)c2[N+](=O)[O-])cc1. The van der Waals surface area contributed by atoms with Gasteiger partial charge in [-0.2, -0.15) is 0 Å². The molecule has 0 aliphatic rings. The van der Waals surface area contributed by atoms with E-state index in [1.54, 1.807) is 42.5 Å². The first-order valence-corrected chi connectivity index (χ1v) is 9.95. The van der Waals surface area contributed by atoms with Crippen LogP contribution in [0.4, 0.5) is 28.7 Å². The first-order valence-electron chi connectivity index (χ1n) is 9.19. The van der Waals surface area contributed by atoms with Crippen LogP contribution in [-0.2, 0) is 0 Å². The van der Waals surface area contributed by atoms with Gasteiger partial charge in [-0.05, 0) is 48.9 Å². The van der Waals surface area contributed by atoms with Crippen LogP contribution in [0.3, 0.4) is 0 Å². The fraction of sp³-hybridized carbons (Fsp3) is 0.200. The molecule has 30 heavy (non-hydrogen) atoms. The van der Waals surface area contributed by atoms with Crippen molar-refractivity contribution in [3.05, 3.63) is 69.0 Å². The van der Waals surface area contributed by atoms with Crippen LogP contribution in [0.15, 0.2) is 48.8 Å². The molecular formula is C20H19Cl2N5O3. The van der Waals surface area contributed by atoms with Crippen molar-refractivity contribution in [2.24, 2.45) is 0 Å². The summed E-state index contributed by atoms with van der Waals surface area (Å²) in [6.45, 7) is 2.74. The molecule has 8 nitrogen and oxygen atoms in total. The highest BCUT2D eigenvalue weighted by atomic mass is 35.5. The van der Waals surface area contributed by atoms with Gasteiger partial charge in [-0.15, -0.1) is 0 Å². The van der Waals surface area contributed by atoms with Gasteiger partial charge >= 0.3 is 5.69 Å². The Morgan fingerprint density at radius 2 is 1.63 bits per heavy atom. The van der Waals surface area contributed by atoms with Crippen molar-refractivity contribution in [2.45, 2.75) is 19.8 Å². The van der Waals surface area contributed by atoms with Gasteiger partial charge in [0.25, 0.3) is 0 Å². The molecule has 1 aromatic heterocycles. The number of ether oxygens (including phenoxy) is 1. The summed E-state index contributed by atoms with van der Waals surface area (Å²) in [5, 5.41) is 18.3. The highest BCUT2D eigenvalue weighted by Gasteiger charge is 2.23. The molecule has 0 bridgehead atoms. The van der Waals surface area contributed by atoms with Crippen LogP contribution in [0.2, 0.25) is 10.0 Å². The predicted octanol–water partition coefficient (Wildman–Crippen LogP) is 6.36. The number of hydrogen-bond donors (Lipinski definition) is 2. The van der Waals surface area contributed by atoms with E-state index >= 15 is 0 Å². The van der Waals surface area contributed by atoms with E-state index in [1.165, 1.54) is 6.33 Å². The zero-order chi connectivity index (χ0) is 21.5. The number of hydrogen-bond acceptors (Lipinski definition) is 7. The molecule has 10 heteroatoms. The molecule has 0 saturated carbocycles. The molecule has 1 heterocycles. The first-order chi connectivity index (χ1) is 14.5. The number of nitro groups is 1. The summed E-state index contributed by atoms with van der Waals surface area (Å²) in [5.74, 6) is 0.806. The summed E-state index contributed by atoms with van der Waals surface area (Å²) in [7, 11) is 0. The highest BCUT2D eigenvalue weighted by Crippen LogP contribution is 2.34. The number of nitrogens with one attached hydrogen (secondary N) is 2. The van der Waals surface area contributed by atoms with Crippen molar-refractivity contribution >= 4 is 51.9 Å². The second kappa shape index (κ2) is 10.1. The van der Waals surface area contributed by atoms with Crippen molar-refractivity contribution in [3.8, 4) is 5.75 Å². The van der Waals surface area contributed by atoms with Crippen LogP contribution in [0.1, 0.15) is 19.8 Å². The Kier molecular flexibility index (Phi) is 7.26. The molecule has 0 fully saturated rings. The highest BCUT2D eigenvalue weighted by molar-refractivity contribution is 6.42. The van der Waals surface area contributed by atoms with Gasteiger partial charge in [-0.3, -0.25) is 10.1 Å². The van der Waals surface area contributed by atoms with Crippen LogP contribution in [0.25, 0.3) is 0 Å². The molecule has 0 atom stereocenters. The molecule has 0 spiro atoms. The van der Waals surface area contributed by atoms with E-state index in [4.69, 9.17) is 27.9 Å². The number of anilines is 4. The molecule has 2 N–H and O–H groups in total. The Morgan fingerprint density at radius 3 is 2.23 bits per heavy atom. The second-order valence-corrected chi connectivity index (χ2v) is 7.10. The van der Waals surface area contributed by atoms with Gasteiger partial charge in [-0.25, -0.2) is 9.97 Å². The van der Waals surface area contributed by atoms with Crippen molar-refractivity contribution in [1.82, 2.24) is 9.97 Å². The molecule has 0 aliphatic carbocycles. The van der Waals surface area contributed by atoms with E-state index in [2.05, 4.69) is 27.5 Å². The lowest BCUT2D eigenvalue weighted by atomic mass is 10.3. The number of rotatable bonds is 9. The average Bonchev–Trinajstić information content (AvgIpc) is 2.72. The summed E-state index contributed by atoms with van der Waals surface area (Å²) >= 11 is 11.9. The van der Waals surface area contributed by atoms with E-state index in [0.29, 0.717) is 28.0 Å². The molecule has 0 amide bonds. The lowest BCUT2D eigenvalue weighted by molar-refractivity contribution is -0.383. The van der Waals surface area contributed by atoms with Crippen LogP contribution in [-0.4, -0.2) is 21.5 Å². The summed E-state index contributed by atoms with van der Waals surface area (Å²) in [6, 6.07) is 11.9. The normalized spacial score (nSPS) is 10.5. The fourth-order valence-electron chi connectivity index (χ4n) is 2.55. The smallest absolute Gasteiger partial charge is 0.353 e. The van der Waals surface area contributed by atoms with Crippen molar-refractivity contribution in [2.75, 3.05) is 17.2 Å². The first kappa shape index (κ1) is 21.6. The van der Waals surface area contributed by atoms with Crippen molar-refractivity contribution in [1.29, 1.82) is 0 Å². The van der Waals surface area contributed by atoms with Gasteiger partial charge in [0.1, 0.15) is 12.1 Å². The largest absolute Gasteiger partial charge is 0.494 e. The summed E-state index contributed by atoms with van der Waals surface area (Å²) in [6.07, 6.45) is 3.26. The zero-order valence-electron chi connectivity index (χ0n) is 16.1. The Balaban J connectivity index is 1.82. The molecule has 0 aliphatic heterocycles. The number of nitrogens with zero attached hydrogens (tertiary/aromatic N) is 3. The summed E-state index contributed by atoms with van der Waals surface area (Å²) in [5.41, 5.74) is 0.831. The molecule has 2 aromatic carbocycles. The number of aromatic nitrogens is 2. The van der Waals surface area contributed by atoms with E-state index in [-0.39, 0.29) is 17.3 Å². The number of benzene rings is 2. The quantitative estimate of drug-likeness (QED) is 0.223. The lowest BCUT2D eigenvalue weighted by Crippen LogP contribution is -2.05. The maximum absolute atomic E-state index is 11.7. The predicted molar refractivity (Wildman–Crippen MR) is 119 cm³/mol. The number of unbranched alkanes of at least 4 members (excludes halogenated alkanes) is 1. The molecule has 0 radical (unpaired) electrons. The third-order valence-electron chi connectivity index (χ3n) is 4.07. The molecular weight excluding hydrogens is 429 g/mol. The Hall–Kier alpha value is -3.10. The third-order valence-corrected chi connectivity index (χ3v) is 4.81. The van der Waals surface area contributed by atoms with E-state index in [0.717, 1.165) is 18.6 Å². The Bertz CT molecular complexity index is 1030. The minimum Gasteiger partial charge on any atom is -0.494 e. The fourth-order valence-corrected chi connectivity index (χ4v) is 2.85. The van der Waals surface area contributed by atoms with Crippen LogP contribution >= 0.6 is 23.2 Å². The summed E-state index contributed by atoms with van der Waals surface area (Å²) in [4.78, 5) is 19.2. The minimum atomic E-state index is -0.551. The van der Waals surface area contributed by atoms with Crippen molar-refractivity contribution < 1.29 is 9.66 Å². The van der Waals surface area contributed by atoms with Gasteiger partial charge in [0.05, 0.1) is 21.6 Å². The second-order valence-electron chi connectivity index (χ2n) is 6.28. The van der Waals surface area contributed by atoms with Gasteiger partial charge < -0.3 is 15.4 Å². The van der Waals surface area contributed by atoms with Gasteiger partial charge in [-0.1, -0.05) is 36.5 Å². The number of halogens is 2. The average molecular weight is 448 g/mol. The van der Waals surface area contributed by atoms with E-state index < -0.39 is 4.92 Å². The molecule has 156 valence electrons. The minimum absolute atomic E-state index is 0.0235. The van der Waals surface area contributed by atoms with Crippen molar-refractivity contribution in [3.63, 3.8) is 0 Å². The maximum Gasteiger partial charge on any atom is 0.353 e. The molecule has 3 aromatic rings. The summed E-state index contributed by atoms with van der Waals surface area (Å²) < 4.78 is 5.63. The standard InChI is InChI=1S/C20H19Cl2N5O3/c1-2-3-10-30-15-7-4-13(5-8-15)25-19-18(27(28)29)20(24-12-23-19)26-14-6-9-16(21)17(22)11-14/h4-9,11-12H,2-3,10H2,1H3,(H2,23,24,25,26). The van der Waals surface area contributed by atoms with E-state index in [1.807, 2.05) is 0 Å². The topological polar surface area (TPSA) is 102 Å². The molecule has 3 rings (SSSR count). The Labute approximate surface area is 183 Å². The third kappa shape index (κ3) is 5.49. The van der Waals surface area contributed by atoms with E-state index in [9.17, 15) is 10.1 Å². The monoisotopic (exact) mass is 447 g/mol. The molecule has 0 saturated heterocycles. The van der Waals surface area contributed by atoms with Gasteiger partial charge in [0, 0.05) is 11.4 Å². The van der Waals surface area contributed by atoms with Crippen LogP contribution in [0, 0.1) is 10.1 Å². The van der Waals surface area contributed by atoms with Crippen LogP contribution in [0.5, 0.6) is 5.75 Å². The molecule has 0 unspecified atom stereocenters. The lowest BCUT2D eigenvalue weighted by Gasteiger charge is -2.11. The maximum atomic E-state index is 11.7. The Morgan fingerprint density at radius 1 is 1.00 bits per heavy atom. The van der Waals surface area contributed by atoms with Crippen LogP contribution < -0.4 is 15.4 Å². The van der Waals surface area contributed by atoms with Gasteiger partial charge in [0.15, 0.2) is 0 Å².